The van der Waals surface area contributed by atoms with Crippen LogP contribution in [-0.2, 0) is 7.05 Å². The normalized spacial score (nSPS) is 14.6. The maximum absolute atomic E-state index is 13.7. The van der Waals surface area contributed by atoms with Gasteiger partial charge in [0.15, 0.2) is 5.69 Å². The zero-order valence-corrected chi connectivity index (χ0v) is 18.4. The lowest BCUT2D eigenvalue weighted by atomic mass is 10.1. The van der Waals surface area contributed by atoms with Crippen molar-refractivity contribution in [3.05, 3.63) is 64.6 Å². The van der Waals surface area contributed by atoms with Crippen LogP contribution in [0.2, 0.25) is 0 Å². The summed E-state index contributed by atoms with van der Waals surface area (Å²) in [4.78, 5) is 29.2. The number of nitrogens with zero attached hydrogens (tertiary/aromatic N) is 4. The van der Waals surface area contributed by atoms with E-state index in [-0.39, 0.29) is 11.5 Å². The van der Waals surface area contributed by atoms with Crippen LogP contribution < -0.4 is 10.3 Å². The molecule has 2 aromatic heterocycles. The van der Waals surface area contributed by atoms with Crippen molar-refractivity contribution in [1.29, 1.82) is 0 Å². The molecular weight excluding hydrogens is 404 g/mol. The molecule has 0 bridgehead atoms. The fourth-order valence-corrected chi connectivity index (χ4v) is 4.65. The molecule has 1 fully saturated rings. The Morgan fingerprint density at radius 3 is 2.34 bits per heavy atom. The van der Waals surface area contributed by atoms with Gasteiger partial charge < -0.3 is 14.2 Å². The summed E-state index contributed by atoms with van der Waals surface area (Å²) in [6.45, 7) is 1.43. The topological polar surface area (TPSA) is 69.4 Å². The van der Waals surface area contributed by atoms with E-state index in [2.05, 4.69) is 5.10 Å². The smallest absolute Gasteiger partial charge is 0.296 e. The first-order valence-corrected chi connectivity index (χ1v) is 11.0. The highest BCUT2D eigenvalue weighted by atomic mass is 16.5. The van der Waals surface area contributed by atoms with Gasteiger partial charge in [-0.3, -0.25) is 9.59 Å². The molecule has 0 atom stereocenters. The van der Waals surface area contributed by atoms with Crippen molar-refractivity contribution >= 4 is 27.7 Å². The fraction of sp³-hybridized carbons (Fsp3) is 0.320. The molecule has 0 aliphatic carbocycles. The Balaban J connectivity index is 1.80. The van der Waals surface area contributed by atoms with Gasteiger partial charge in [-0.25, -0.2) is 0 Å². The number of aryl methyl sites for hydroxylation is 1. The predicted octanol–water partition coefficient (Wildman–Crippen LogP) is 3.90. The van der Waals surface area contributed by atoms with Crippen LogP contribution in [0.25, 0.3) is 27.5 Å². The summed E-state index contributed by atoms with van der Waals surface area (Å²) >= 11 is 0. The quantitative estimate of drug-likeness (QED) is 0.494. The summed E-state index contributed by atoms with van der Waals surface area (Å²) in [6.07, 6.45) is 4.24. The molecule has 1 saturated heterocycles. The van der Waals surface area contributed by atoms with E-state index in [0.717, 1.165) is 36.6 Å². The summed E-state index contributed by atoms with van der Waals surface area (Å²) < 4.78 is 8.45. The highest BCUT2D eigenvalue weighted by molar-refractivity contribution is 6.16. The number of carbonyl (C=O) groups excluding carboxylic acids is 1. The first kappa shape index (κ1) is 20.3. The number of para-hydroxylation sites is 1. The van der Waals surface area contributed by atoms with Crippen LogP contribution in [0.4, 0.5) is 0 Å². The Kier molecular flexibility index (Phi) is 5.17. The van der Waals surface area contributed by atoms with Gasteiger partial charge in [0.25, 0.3) is 11.5 Å². The van der Waals surface area contributed by atoms with Gasteiger partial charge in [-0.15, -0.1) is 0 Å². The van der Waals surface area contributed by atoms with Crippen molar-refractivity contribution in [1.82, 2.24) is 19.2 Å². The highest BCUT2D eigenvalue weighted by Crippen LogP contribution is 2.29. The fourth-order valence-electron chi connectivity index (χ4n) is 4.65. The van der Waals surface area contributed by atoms with E-state index in [0.29, 0.717) is 41.1 Å². The summed E-state index contributed by atoms with van der Waals surface area (Å²) in [7, 11) is 3.46. The van der Waals surface area contributed by atoms with Crippen molar-refractivity contribution in [2.24, 2.45) is 7.05 Å². The van der Waals surface area contributed by atoms with Crippen LogP contribution in [0.1, 0.15) is 36.2 Å². The number of benzene rings is 2. The van der Waals surface area contributed by atoms with Crippen LogP contribution in [0.15, 0.2) is 53.3 Å². The molecule has 32 heavy (non-hydrogen) atoms. The molecule has 2 aromatic carbocycles. The van der Waals surface area contributed by atoms with Crippen LogP contribution in [0.5, 0.6) is 5.75 Å². The summed E-state index contributed by atoms with van der Waals surface area (Å²) in [5.74, 6) is 0.573. The molecule has 0 saturated carbocycles. The number of methoxy groups -OCH3 is 1. The van der Waals surface area contributed by atoms with Crippen LogP contribution in [0.3, 0.4) is 0 Å². The molecule has 0 N–H and O–H groups in total. The van der Waals surface area contributed by atoms with Gasteiger partial charge in [0, 0.05) is 36.4 Å². The van der Waals surface area contributed by atoms with E-state index in [1.54, 1.807) is 31.4 Å². The molecule has 0 unspecified atom stereocenters. The molecule has 0 spiro atoms. The number of hydrogen-bond donors (Lipinski definition) is 0. The van der Waals surface area contributed by atoms with Crippen molar-refractivity contribution in [3.8, 4) is 11.4 Å². The van der Waals surface area contributed by atoms with E-state index in [1.165, 1.54) is 4.68 Å². The molecule has 5 rings (SSSR count). The Bertz CT molecular complexity index is 1360. The first-order chi connectivity index (χ1) is 15.6. The van der Waals surface area contributed by atoms with Gasteiger partial charge in [0.05, 0.1) is 12.8 Å². The standard InChI is InChI=1S/C25H26N4O3/c1-27-20-10-6-5-9-19(20)21-22(24(30)28-15-7-3-4-8-16-28)26-29(25(31)23(21)27)17-11-13-18(32-2)14-12-17/h5-6,9-14H,3-4,7-8,15-16H2,1-2H3. The lowest BCUT2D eigenvalue weighted by Crippen LogP contribution is -2.35. The van der Waals surface area contributed by atoms with Crippen LogP contribution in [0, 0.1) is 0 Å². The predicted molar refractivity (Wildman–Crippen MR) is 125 cm³/mol. The lowest BCUT2D eigenvalue weighted by molar-refractivity contribution is 0.0756. The van der Waals surface area contributed by atoms with E-state index < -0.39 is 0 Å². The van der Waals surface area contributed by atoms with E-state index in [4.69, 9.17) is 4.74 Å². The molecule has 1 amide bonds. The third-order valence-electron chi connectivity index (χ3n) is 6.35. The Labute approximate surface area is 185 Å². The van der Waals surface area contributed by atoms with Gasteiger partial charge in [-0.1, -0.05) is 31.0 Å². The number of aromatic nitrogens is 3. The van der Waals surface area contributed by atoms with Gasteiger partial charge in [-0.05, 0) is 43.2 Å². The first-order valence-electron chi connectivity index (χ1n) is 11.0. The van der Waals surface area contributed by atoms with Crippen LogP contribution >= 0.6 is 0 Å². The van der Waals surface area contributed by atoms with Gasteiger partial charge >= 0.3 is 0 Å². The molecule has 4 aromatic rings. The Morgan fingerprint density at radius 1 is 0.969 bits per heavy atom. The van der Waals surface area contributed by atoms with Crippen molar-refractivity contribution in [2.75, 3.05) is 20.2 Å². The van der Waals surface area contributed by atoms with Gasteiger partial charge in [-0.2, -0.15) is 9.78 Å². The zero-order chi connectivity index (χ0) is 22.2. The number of likely N-dealkylation sites (tertiary alicyclic amines) is 1. The Hall–Kier alpha value is -3.61. The minimum atomic E-state index is -0.253. The molecule has 164 valence electrons. The summed E-state index contributed by atoms with van der Waals surface area (Å²) in [5.41, 5.74) is 2.05. The molecule has 3 heterocycles. The SMILES string of the molecule is COc1ccc(-n2nc(C(=O)N3CCCCCC3)c3c4ccccc4n(C)c3c2=O)cc1. The molecule has 7 heteroatoms. The third-order valence-corrected chi connectivity index (χ3v) is 6.35. The molecule has 1 aliphatic heterocycles. The van der Waals surface area contributed by atoms with E-state index >= 15 is 0 Å². The number of rotatable bonds is 3. The van der Waals surface area contributed by atoms with Crippen molar-refractivity contribution < 1.29 is 9.53 Å². The number of fused-ring (bicyclic) bond motifs is 3. The molecule has 0 radical (unpaired) electrons. The average Bonchev–Trinajstić information content (AvgIpc) is 2.98. The number of carbonyl (C=O) groups is 1. The maximum Gasteiger partial charge on any atom is 0.296 e. The zero-order valence-electron chi connectivity index (χ0n) is 18.4. The third kappa shape index (κ3) is 3.25. The minimum absolute atomic E-state index is 0.115. The van der Waals surface area contributed by atoms with E-state index in [9.17, 15) is 9.59 Å². The second-order valence-electron chi connectivity index (χ2n) is 8.27. The highest BCUT2D eigenvalue weighted by Gasteiger charge is 2.27. The monoisotopic (exact) mass is 430 g/mol. The number of ether oxygens (including phenoxy) is 1. The van der Waals surface area contributed by atoms with Gasteiger partial charge in [0.1, 0.15) is 11.3 Å². The minimum Gasteiger partial charge on any atom is -0.497 e. The largest absolute Gasteiger partial charge is 0.497 e. The second-order valence-corrected chi connectivity index (χ2v) is 8.27. The van der Waals surface area contributed by atoms with Crippen molar-refractivity contribution in [2.45, 2.75) is 25.7 Å². The number of hydrogen-bond acceptors (Lipinski definition) is 4. The van der Waals surface area contributed by atoms with E-state index in [1.807, 2.05) is 40.8 Å². The summed E-state index contributed by atoms with van der Waals surface area (Å²) in [5, 5.41) is 6.16. The maximum atomic E-state index is 13.7. The number of amides is 1. The molecule has 1 aliphatic rings. The van der Waals surface area contributed by atoms with Gasteiger partial charge in [0.2, 0.25) is 0 Å². The second kappa shape index (κ2) is 8.15. The van der Waals surface area contributed by atoms with Crippen LogP contribution in [-0.4, -0.2) is 45.4 Å². The lowest BCUT2D eigenvalue weighted by Gasteiger charge is -2.20. The molecular formula is C25H26N4O3. The Morgan fingerprint density at radius 2 is 1.66 bits per heavy atom. The average molecular weight is 431 g/mol. The van der Waals surface area contributed by atoms with Crippen molar-refractivity contribution in [3.63, 3.8) is 0 Å². The summed E-state index contributed by atoms with van der Waals surface area (Å²) in [6, 6.07) is 14.9. The molecule has 7 nitrogen and oxygen atoms in total.